The van der Waals surface area contributed by atoms with Gasteiger partial charge in [0, 0.05) is 31.7 Å². The summed E-state index contributed by atoms with van der Waals surface area (Å²) in [7, 11) is 0. The van der Waals surface area contributed by atoms with Crippen LogP contribution in [-0.4, -0.2) is 54.6 Å². The van der Waals surface area contributed by atoms with E-state index in [2.05, 4.69) is 6.58 Å². The zero-order valence-corrected chi connectivity index (χ0v) is 11.6. The molecule has 0 atom stereocenters. The van der Waals surface area contributed by atoms with Gasteiger partial charge in [-0.3, -0.25) is 4.79 Å². The van der Waals surface area contributed by atoms with Crippen molar-refractivity contribution in [3.63, 3.8) is 0 Å². The third-order valence-corrected chi connectivity index (χ3v) is 3.24. The molecule has 0 aromatic heterocycles. The lowest BCUT2D eigenvalue weighted by Crippen LogP contribution is -2.50. The van der Waals surface area contributed by atoms with Crippen LogP contribution in [0.15, 0.2) is 36.9 Å². The van der Waals surface area contributed by atoms with Crippen molar-refractivity contribution in [2.45, 2.75) is 0 Å². The van der Waals surface area contributed by atoms with Crippen LogP contribution in [0.1, 0.15) is 10.4 Å². The highest BCUT2D eigenvalue weighted by molar-refractivity contribution is 5.94. The zero-order chi connectivity index (χ0) is 15.2. The highest BCUT2D eigenvalue weighted by Gasteiger charge is 2.25. The molecular weight excluding hydrogens is 275 g/mol. The monoisotopic (exact) mass is 292 g/mol. The predicted octanol–water partition coefficient (Wildman–Crippen LogP) is 1.91. The molecule has 21 heavy (non-hydrogen) atoms. The van der Waals surface area contributed by atoms with Crippen molar-refractivity contribution < 1.29 is 18.7 Å². The van der Waals surface area contributed by atoms with Crippen LogP contribution in [0.4, 0.5) is 9.18 Å². The average molecular weight is 292 g/mol. The van der Waals surface area contributed by atoms with Crippen LogP contribution < -0.4 is 0 Å². The Hall–Kier alpha value is -2.37. The lowest BCUT2D eigenvalue weighted by atomic mass is 10.2. The van der Waals surface area contributed by atoms with E-state index in [1.165, 1.54) is 30.3 Å². The van der Waals surface area contributed by atoms with Crippen molar-refractivity contribution in [1.82, 2.24) is 9.80 Å². The van der Waals surface area contributed by atoms with Crippen LogP contribution in [0.3, 0.4) is 0 Å². The summed E-state index contributed by atoms with van der Waals surface area (Å²) in [5, 5.41) is 0. The fraction of sp³-hybridized carbons (Fsp3) is 0.333. The van der Waals surface area contributed by atoms with Crippen molar-refractivity contribution in [2.24, 2.45) is 0 Å². The number of benzene rings is 1. The molecule has 0 aliphatic carbocycles. The predicted molar refractivity (Wildman–Crippen MR) is 75.4 cm³/mol. The lowest BCUT2D eigenvalue weighted by Gasteiger charge is -2.34. The van der Waals surface area contributed by atoms with Crippen molar-refractivity contribution in [1.29, 1.82) is 0 Å². The summed E-state index contributed by atoms with van der Waals surface area (Å²) < 4.78 is 17.8. The minimum Gasteiger partial charge on any atom is -0.445 e. The lowest BCUT2D eigenvalue weighted by molar-refractivity contribution is 0.0581. The standard InChI is InChI=1S/C15H17FN2O3/c1-2-11-21-15(20)18-9-7-17(8-10-18)14(19)12-3-5-13(16)6-4-12/h2-6H,1,7-11H2. The summed E-state index contributed by atoms with van der Waals surface area (Å²) >= 11 is 0. The van der Waals surface area contributed by atoms with Gasteiger partial charge in [-0.15, -0.1) is 0 Å². The topological polar surface area (TPSA) is 49.9 Å². The second-order valence-electron chi connectivity index (χ2n) is 4.65. The summed E-state index contributed by atoms with van der Waals surface area (Å²) in [5.41, 5.74) is 0.444. The molecule has 5 nitrogen and oxygen atoms in total. The Morgan fingerprint density at radius 2 is 1.71 bits per heavy atom. The van der Waals surface area contributed by atoms with E-state index < -0.39 is 6.09 Å². The molecule has 0 spiro atoms. The van der Waals surface area contributed by atoms with Gasteiger partial charge in [-0.1, -0.05) is 12.7 Å². The Balaban J connectivity index is 1.88. The molecule has 0 bridgehead atoms. The molecule has 1 aliphatic heterocycles. The van der Waals surface area contributed by atoms with Gasteiger partial charge in [0.2, 0.25) is 0 Å². The van der Waals surface area contributed by atoms with E-state index in [0.29, 0.717) is 31.7 Å². The molecule has 2 amide bonds. The van der Waals surface area contributed by atoms with Crippen molar-refractivity contribution in [3.8, 4) is 0 Å². The second kappa shape index (κ2) is 6.88. The molecule has 0 N–H and O–H groups in total. The van der Waals surface area contributed by atoms with Crippen LogP contribution in [0.25, 0.3) is 0 Å². The van der Waals surface area contributed by atoms with E-state index in [1.54, 1.807) is 9.80 Å². The zero-order valence-electron chi connectivity index (χ0n) is 11.6. The number of ether oxygens (including phenoxy) is 1. The second-order valence-corrected chi connectivity index (χ2v) is 4.65. The minimum absolute atomic E-state index is 0.158. The molecule has 0 radical (unpaired) electrons. The Bertz CT molecular complexity index is 522. The van der Waals surface area contributed by atoms with Crippen molar-refractivity contribution in [3.05, 3.63) is 48.3 Å². The van der Waals surface area contributed by atoms with Gasteiger partial charge in [0.05, 0.1) is 0 Å². The normalized spacial score (nSPS) is 14.7. The molecule has 2 rings (SSSR count). The quantitative estimate of drug-likeness (QED) is 0.800. The molecule has 1 heterocycles. The number of halogens is 1. The van der Waals surface area contributed by atoms with Gasteiger partial charge in [0.1, 0.15) is 12.4 Å². The van der Waals surface area contributed by atoms with Gasteiger partial charge >= 0.3 is 6.09 Å². The molecule has 1 aromatic carbocycles. The fourth-order valence-electron chi connectivity index (χ4n) is 2.09. The van der Waals surface area contributed by atoms with Gasteiger partial charge in [0.25, 0.3) is 5.91 Å². The molecule has 1 aromatic rings. The van der Waals surface area contributed by atoms with Gasteiger partial charge in [0.15, 0.2) is 0 Å². The van der Waals surface area contributed by atoms with Crippen LogP contribution >= 0.6 is 0 Å². The molecule has 1 fully saturated rings. The number of carbonyl (C=O) groups is 2. The number of piperazine rings is 1. The van der Waals surface area contributed by atoms with Crippen LogP contribution in [0, 0.1) is 5.82 Å². The van der Waals surface area contributed by atoms with E-state index >= 15 is 0 Å². The highest BCUT2D eigenvalue weighted by atomic mass is 19.1. The summed E-state index contributed by atoms with van der Waals surface area (Å²) in [6.45, 7) is 5.35. The highest BCUT2D eigenvalue weighted by Crippen LogP contribution is 2.10. The smallest absolute Gasteiger partial charge is 0.410 e. The maximum Gasteiger partial charge on any atom is 0.410 e. The first-order valence-corrected chi connectivity index (χ1v) is 6.69. The van der Waals surface area contributed by atoms with Crippen LogP contribution in [-0.2, 0) is 4.74 Å². The Kier molecular flexibility index (Phi) is 4.92. The average Bonchev–Trinajstić information content (AvgIpc) is 2.53. The molecule has 0 saturated carbocycles. The summed E-state index contributed by atoms with van der Waals surface area (Å²) in [6.07, 6.45) is 1.11. The van der Waals surface area contributed by atoms with Crippen LogP contribution in [0.2, 0.25) is 0 Å². The van der Waals surface area contributed by atoms with Crippen molar-refractivity contribution >= 4 is 12.0 Å². The third-order valence-electron chi connectivity index (χ3n) is 3.24. The van der Waals surface area contributed by atoms with Crippen LogP contribution in [0.5, 0.6) is 0 Å². The van der Waals surface area contributed by atoms with E-state index in [-0.39, 0.29) is 18.3 Å². The number of hydrogen-bond donors (Lipinski definition) is 0. The summed E-state index contributed by atoms with van der Waals surface area (Å²) in [4.78, 5) is 27.1. The Morgan fingerprint density at radius 3 is 2.29 bits per heavy atom. The molecule has 1 aliphatic rings. The summed E-state index contributed by atoms with van der Waals surface area (Å²) in [6, 6.07) is 5.44. The Labute approximate surface area is 122 Å². The first kappa shape index (κ1) is 15.0. The number of rotatable bonds is 3. The minimum atomic E-state index is -0.399. The summed E-state index contributed by atoms with van der Waals surface area (Å²) in [5.74, 6) is -0.532. The third kappa shape index (κ3) is 3.81. The van der Waals surface area contributed by atoms with Gasteiger partial charge < -0.3 is 14.5 Å². The van der Waals surface area contributed by atoms with Gasteiger partial charge in [-0.05, 0) is 24.3 Å². The first-order chi connectivity index (χ1) is 10.1. The Morgan fingerprint density at radius 1 is 1.14 bits per heavy atom. The van der Waals surface area contributed by atoms with E-state index in [9.17, 15) is 14.0 Å². The molecule has 0 unspecified atom stereocenters. The van der Waals surface area contributed by atoms with Gasteiger partial charge in [-0.2, -0.15) is 0 Å². The largest absolute Gasteiger partial charge is 0.445 e. The van der Waals surface area contributed by atoms with Crippen molar-refractivity contribution in [2.75, 3.05) is 32.8 Å². The number of amides is 2. The number of hydrogen-bond acceptors (Lipinski definition) is 3. The molecular formula is C15H17FN2O3. The SMILES string of the molecule is C=CCOC(=O)N1CCN(C(=O)c2ccc(F)cc2)CC1. The number of nitrogens with zero attached hydrogens (tertiary/aromatic N) is 2. The maximum absolute atomic E-state index is 12.8. The van der Waals surface area contributed by atoms with E-state index in [1.807, 2.05) is 0 Å². The van der Waals surface area contributed by atoms with E-state index in [4.69, 9.17) is 4.74 Å². The molecule has 1 saturated heterocycles. The first-order valence-electron chi connectivity index (χ1n) is 6.69. The van der Waals surface area contributed by atoms with Gasteiger partial charge in [-0.25, -0.2) is 9.18 Å². The number of carbonyl (C=O) groups excluding carboxylic acids is 2. The molecule has 6 heteroatoms. The fourth-order valence-corrected chi connectivity index (χ4v) is 2.09. The molecule has 112 valence electrons. The maximum atomic E-state index is 12.8. The van der Waals surface area contributed by atoms with E-state index in [0.717, 1.165) is 0 Å².